The summed E-state index contributed by atoms with van der Waals surface area (Å²) in [4.78, 5) is 13.1. The quantitative estimate of drug-likeness (QED) is 0.404. The highest BCUT2D eigenvalue weighted by atomic mass is 35.5. The van der Waals surface area contributed by atoms with E-state index in [0.717, 1.165) is 11.1 Å². The Hall–Kier alpha value is -3.62. The summed E-state index contributed by atoms with van der Waals surface area (Å²) in [5.74, 6) is -0.339. The van der Waals surface area contributed by atoms with Crippen LogP contribution >= 0.6 is 11.6 Å². The molecule has 32 heavy (non-hydrogen) atoms. The van der Waals surface area contributed by atoms with Crippen molar-refractivity contribution in [2.45, 2.75) is 13.2 Å². The van der Waals surface area contributed by atoms with Gasteiger partial charge in [0.1, 0.15) is 11.3 Å². The summed E-state index contributed by atoms with van der Waals surface area (Å²) in [7, 11) is 1.57. The van der Waals surface area contributed by atoms with Crippen LogP contribution in [0, 0.1) is 5.82 Å². The molecule has 0 atom stereocenters. The Balaban J connectivity index is 1.69. The van der Waals surface area contributed by atoms with E-state index in [1.54, 1.807) is 42.1 Å². The number of aromatic nitrogens is 5. The molecular weight excluding hydrogens is 433 g/mol. The predicted molar refractivity (Wildman–Crippen MR) is 119 cm³/mol. The van der Waals surface area contributed by atoms with E-state index in [1.807, 2.05) is 18.2 Å². The first-order chi connectivity index (χ1) is 15.6. The van der Waals surface area contributed by atoms with Crippen molar-refractivity contribution in [3.05, 3.63) is 93.2 Å². The van der Waals surface area contributed by atoms with Crippen molar-refractivity contribution < 1.29 is 9.13 Å². The van der Waals surface area contributed by atoms with Crippen LogP contribution in [0.3, 0.4) is 0 Å². The molecule has 0 N–H and O–H groups in total. The number of hydrogen-bond acceptors (Lipinski definition) is 5. The second kappa shape index (κ2) is 8.14. The Morgan fingerprint density at radius 1 is 1.06 bits per heavy atom. The fourth-order valence-corrected chi connectivity index (χ4v) is 3.91. The first kappa shape index (κ1) is 20.3. The van der Waals surface area contributed by atoms with E-state index in [0.29, 0.717) is 34.0 Å². The average molecular weight is 450 g/mol. The Morgan fingerprint density at radius 2 is 1.84 bits per heavy atom. The van der Waals surface area contributed by atoms with Crippen LogP contribution < -0.4 is 5.56 Å². The highest BCUT2D eigenvalue weighted by molar-refractivity contribution is 6.31. The van der Waals surface area contributed by atoms with Crippen molar-refractivity contribution in [3.63, 3.8) is 0 Å². The van der Waals surface area contributed by atoms with Gasteiger partial charge in [0.05, 0.1) is 24.4 Å². The minimum Gasteiger partial charge on any atom is -0.378 e. The first-order valence-corrected chi connectivity index (χ1v) is 10.2. The molecule has 3 aromatic heterocycles. The standard InChI is InChI=1S/C23H17ClFN5O2/c1-32-13-18-20(14-6-8-16(25)9-7-14)22-27-26-21-19(30(22)28-18)10-11-29(23(21)31)12-15-4-2-3-5-17(15)24/h2-11H,12-13H2,1H3. The largest absolute Gasteiger partial charge is 0.378 e. The smallest absolute Gasteiger partial charge is 0.280 e. The molecule has 3 heterocycles. The van der Waals surface area contributed by atoms with E-state index in [-0.39, 0.29) is 23.5 Å². The number of rotatable bonds is 5. The van der Waals surface area contributed by atoms with Gasteiger partial charge >= 0.3 is 0 Å². The number of pyridine rings is 1. The number of fused-ring (bicyclic) bond motifs is 3. The number of ether oxygens (including phenoxy) is 1. The van der Waals surface area contributed by atoms with Gasteiger partial charge in [0.15, 0.2) is 11.2 Å². The maximum Gasteiger partial charge on any atom is 0.280 e. The summed E-state index contributed by atoms with van der Waals surface area (Å²) in [6.07, 6.45) is 1.68. The zero-order valence-electron chi connectivity index (χ0n) is 17.0. The molecule has 0 amide bonds. The third-order valence-corrected chi connectivity index (χ3v) is 5.61. The first-order valence-electron chi connectivity index (χ1n) is 9.82. The molecule has 0 radical (unpaired) electrons. The van der Waals surface area contributed by atoms with Crippen LogP contribution in [0.1, 0.15) is 11.3 Å². The van der Waals surface area contributed by atoms with Crippen LogP contribution in [0.5, 0.6) is 0 Å². The van der Waals surface area contributed by atoms with Crippen LogP contribution in [-0.2, 0) is 17.9 Å². The second-order valence-electron chi connectivity index (χ2n) is 7.27. The topological polar surface area (TPSA) is 74.3 Å². The van der Waals surface area contributed by atoms with Crippen LogP contribution in [0.4, 0.5) is 4.39 Å². The average Bonchev–Trinajstić information content (AvgIpc) is 3.16. The Morgan fingerprint density at radius 3 is 2.59 bits per heavy atom. The SMILES string of the molecule is COCc1nn2c(nnc3c(=O)n(Cc4ccccc4Cl)ccc32)c1-c1ccc(F)cc1. The lowest BCUT2D eigenvalue weighted by Crippen LogP contribution is -2.22. The molecule has 0 aliphatic carbocycles. The molecule has 0 saturated carbocycles. The molecule has 5 aromatic rings. The van der Waals surface area contributed by atoms with Gasteiger partial charge < -0.3 is 9.30 Å². The fraction of sp³-hybridized carbons (Fsp3) is 0.130. The normalized spacial score (nSPS) is 11.5. The van der Waals surface area contributed by atoms with E-state index in [4.69, 9.17) is 16.3 Å². The van der Waals surface area contributed by atoms with Gasteiger partial charge in [-0.2, -0.15) is 5.10 Å². The van der Waals surface area contributed by atoms with Crippen LogP contribution in [0.2, 0.25) is 5.02 Å². The lowest BCUT2D eigenvalue weighted by atomic mass is 10.1. The molecule has 160 valence electrons. The van der Waals surface area contributed by atoms with Crippen molar-refractivity contribution in [3.8, 4) is 11.1 Å². The van der Waals surface area contributed by atoms with Crippen molar-refractivity contribution in [1.82, 2.24) is 24.4 Å². The second-order valence-corrected chi connectivity index (χ2v) is 7.68. The van der Waals surface area contributed by atoms with Crippen LogP contribution in [0.25, 0.3) is 27.8 Å². The van der Waals surface area contributed by atoms with Gasteiger partial charge in [0, 0.05) is 18.3 Å². The molecule has 0 unspecified atom stereocenters. The van der Waals surface area contributed by atoms with Crippen molar-refractivity contribution in [2.24, 2.45) is 0 Å². The van der Waals surface area contributed by atoms with E-state index < -0.39 is 0 Å². The Labute approximate surface area is 186 Å². The fourth-order valence-electron chi connectivity index (χ4n) is 3.71. The molecule has 0 fully saturated rings. The van der Waals surface area contributed by atoms with Gasteiger partial charge in [-0.25, -0.2) is 8.91 Å². The minimum absolute atomic E-state index is 0.184. The van der Waals surface area contributed by atoms with E-state index in [1.165, 1.54) is 16.7 Å². The van der Waals surface area contributed by atoms with Gasteiger partial charge in [-0.15, -0.1) is 10.2 Å². The maximum absolute atomic E-state index is 13.4. The lowest BCUT2D eigenvalue weighted by Gasteiger charge is -2.09. The summed E-state index contributed by atoms with van der Waals surface area (Å²) in [5.41, 5.74) is 3.70. The van der Waals surface area contributed by atoms with Gasteiger partial charge in [0.25, 0.3) is 5.56 Å². The summed E-state index contributed by atoms with van der Waals surface area (Å²) < 4.78 is 21.9. The van der Waals surface area contributed by atoms with Gasteiger partial charge in [-0.05, 0) is 35.4 Å². The lowest BCUT2D eigenvalue weighted by molar-refractivity contribution is 0.181. The van der Waals surface area contributed by atoms with Crippen molar-refractivity contribution >= 4 is 28.3 Å². The molecule has 0 spiro atoms. The van der Waals surface area contributed by atoms with Gasteiger partial charge in [0.2, 0.25) is 0 Å². The minimum atomic E-state index is -0.339. The van der Waals surface area contributed by atoms with Crippen LogP contribution in [0.15, 0.2) is 65.6 Å². The summed E-state index contributed by atoms with van der Waals surface area (Å²) >= 11 is 6.25. The molecule has 0 aliphatic heterocycles. The molecule has 0 saturated heterocycles. The Bertz CT molecular complexity index is 1510. The zero-order valence-corrected chi connectivity index (χ0v) is 17.8. The van der Waals surface area contributed by atoms with E-state index >= 15 is 0 Å². The maximum atomic E-state index is 13.4. The highest BCUT2D eigenvalue weighted by Crippen LogP contribution is 2.29. The molecule has 5 rings (SSSR count). The molecular formula is C23H17ClFN5O2. The van der Waals surface area contributed by atoms with Crippen LogP contribution in [-0.4, -0.2) is 31.5 Å². The zero-order chi connectivity index (χ0) is 22.2. The number of benzene rings is 2. The van der Waals surface area contributed by atoms with Gasteiger partial charge in [-0.1, -0.05) is 41.9 Å². The predicted octanol–water partition coefficient (Wildman–Crippen LogP) is 4.09. The van der Waals surface area contributed by atoms with Crippen molar-refractivity contribution in [1.29, 1.82) is 0 Å². The molecule has 0 bridgehead atoms. The monoisotopic (exact) mass is 449 g/mol. The highest BCUT2D eigenvalue weighted by Gasteiger charge is 2.20. The number of halogens is 2. The van der Waals surface area contributed by atoms with Gasteiger partial charge in [-0.3, -0.25) is 4.79 Å². The van der Waals surface area contributed by atoms with Crippen molar-refractivity contribution in [2.75, 3.05) is 7.11 Å². The number of nitrogens with zero attached hydrogens (tertiary/aromatic N) is 5. The molecule has 7 nitrogen and oxygen atoms in total. The molecule has 9 heteroatoms. The number of hydrogen-bond donors (Lipinski definition) is 0. The summed E-state index contributed by atoms with van der Waals surface area (Å²) in [6.45, 7) is 0.532. The summed E-state index contributed by atoms with van der Waals surface area (Å²) in [6, 6.07) is 15.2. The molecule has 0 aliphatic rings. The third-order valence-electron chi connectivity index (χ3n) is 5.24. The molecule has 2 aromatic carbocycles. The third kappa shape index (κ3) is 3.43. The Kier molecular flexibility index (Phi) is 5.16. The summed E-state index contributed by atoms with van der Waals surface area (Å²) in [5, 5.41) is 13.7. The van der Waals surface area contributed by atoms with E-state index in [9.17, 15) is 9.18 Å². The van der Waals surface area contributed by atoms with E-state index in [2.05, 4.69) is 15.3 Å². The number of methoxy groups -OCH3 is 1.